The molecule has 0 spiro atoms. The molecule has 9 rings (SSSR count). The van der Waals surface area contributed by atoms with Crippen LogP contribution in [-0.2, 0) is 6.42 Å². The molecule has 1 aromatic rings. The average Bonchev–Trinajstić information content (AvgIpc) is 3.39. The molecular formula is C65H72N2. The van der Waals surface area contributed by atoms with Crippen molar-refractivity contribution in [3.8, 4) is 0 Å². The molecule has 1 fully saturated rings. The zero-order valence-electron chi connectivity index (χ0n) is 40.0. The van der Waals surface area contributed by atoms with E-state index in [1.165, 1.54) is 88.1 Å². The molecule has 0 saturated heterocycles. The average molecular weight is 881 g/mol. The molecule has 2 nitrogen and oxygen atoms in total. The summed E-state index contributed by atoms with van der Waals surface area (Å²) < 4.78 is 0. The van der Waals surface area contributed by atoms with E-state index in [0.29, 0.717) is 24.0 Å². The van der Waals surface area contributed by atoms with Gasteiger partial charge in [0.05, 0.1) is 18.1 Å². The molecule has 8 aliphatic carbocycles. The Morgan fingerprint density at radius 3 is 2.00 bits per heavy atom. The van der Waals surface area contributed by atoms with Crippen molar-refractivity contribution >= 4 is 5.57 Å². The highest BCUT2D eigenvalue weighted by Crippen LogP contribution is 2.40. The van der Waals surface area contributed by atoms with Crippen molar-refractivity contribution < 1.29 is 0 Å². The Labute approximate surface area is 403 Å². The van der Waals surface area contributed by atoms with Crippen molar-refractivity contribution in [2.75, 3.05) is 0 Å². The van der Waals surface area contributed by atoms with Gasteiger partial charge in [-0.05, 0) is 169 Å². The first-order valence-corrected chi connectivity index (χ1v) is 25.7. The van der Waals surface area contributed by atoms with E-state index < -0.39 is 0 Å². The van der Waals surface area contributed by atoms with Crippen LogP contribution in [0.5, 0.6) is 0 Å². The predicted octanol–water partition coefficient (Wildman–Crippen LogP) is 16.6. The second-order valence-electron chi connectivity index (χ2n) is 19.6. The van der Waals surface area contributed by atoms with Crippen molar-refractivity contribution in [1.29, 1.82) is 0 Å². The fraction of sp³-hybridized carbons (Fsp3) is 0.323. The molecule has 4 atom stereocenters. The van der Waals surface area contributed by atoms with Gasteiger partial charge in [0.25, 0.3) is 0 Å². The first-order chi connectivity index (χ1) is 33.1. The third-order valence-electron chi connectivity index (χ3n) is 15.4. The number of nitrogens with zero attached hydrogens (tertiary/aromatic N) is 2. The second-order valence-corrected chi connectivity index (χ2v) is 19.6. The van der Waals surface area contributed by atoms with Crippen LogP contribution < -0.4 is 0 Å². The van der Waals surface area contributed by atoms with Crippen LogP contribution in [0, 0.1) is 11.8 Å². The van der Waals surface area contributed by atoms with Crippen LogP contribution in [0.4, 0.5) is 0 Å². The minimum atomic E-state index is 0.332. The van der Waals surface area contributed by atoms with E-state index in [4.69, 9.17) is 0 Å². The summed E-state index contributed by atoms with van der Waals surface area (Å²) in [4.78, 5) is 5.34. The molecule has 0 aromatic heterocycles. The summed E-state index contributed by atoms with van der Waals surface area (Å²) in [7, 11) is 0. The van der Waals surface area contributed by atoms with Crippen LogP contribution in [0.25, 0.3) is 5.57 Å². The van der Waals surface area contributed by atoms with E-state index in [0.717, 1.165) is 82.1 Å². The summed E-state index contributed by atoms with van der Waals surface area (Å²) in [5.74, 6) is 1.26. The molecule has 0 radical (unpaired) electrons. The molecule has 1 saturated carbocycles. The van der Waals surface area contributed by atoms with Gasteiger partial charge in [-0.15, -0.1) is 0 Å². The fourth-order valence-electron chi connectivity index (χ4n) is 11.7. The lowest BCUT2D eigenvalue weighted by molar-refractivity contribution is 0.234. The van der Waals surface area contributed by atoms with Gasteiger partial charge in [-0.25, -0.2) is 0 Å². The molecule has 0 N–H and O–H groups in total. The summed E-state index contributed by atoms with van der Waals surface area (Å²) in [5, 5.41) is 0. The summed E-state index contributed by atoms with van der Waals surface area (Å²) in [6.07, 6.45) is 76.5. The van der Waals surface area contributed by atoms with Crippen molar-refractivity contribution in [2.45, 2.75) is 121 Å². The van der Waals surface area contributed by atoms with Crippen LogP contribution in [0.1, 0.15) is 107 Å². The van der Waals surface area contributed by atoms with Gasteiger partial charge in [0, 0.05) is 17.6 Å². The van der Waals surface area contributed by atoms with Gasteiger partial charge in [-0.2, -0.15) is 0 Å². The van der Waals surface area contributed by atoms with Crippen molar-refractivity contribution in [3.05, 3.63) is 258 Å². The lowest BCUT2D eigenvalue weighted by atomic mass is 9.81. The maximum absolute atomic E-state index is 3.97. The van der Waals surface area contributed by atoms with Crippen LogP contribution in [-0.4, -0.2) is 27.9 Å². The highest BCUT2D eigenvalue weighted by Gasteiger charge is 2.31. The molecule has 1 aromatic carbocycles. The van der Waals surface area contributed by atoms with E-state index in [9.17, 15) is 0 Å². The number of allylic oxidation sites excluding steroid dienone is 27. The highest BCUT2D eigenvalue weighted by molar-refractivity contribution is 5.74. The van der Waals surface area contributed by atoms with Crippen molar-refractivity contribution in [2.24, 2.45) is 11.8 Å². The lowest BCUT2D eigenvalue weighted by Crippen LogP contribution is -2.42. The normalized spacial score (nSPS) is 25.4. The fourth-order valence-corrected chi connectivity index (χ4v) is 11.7. The maximum atomic E-state index is 3.97. The summed E-state index contributed by atoms with van der Waals surface area (Å²) in [6.45, 7) is 11.7. The van der Waals surface area contributed by atoms with Crippen LogP contribution in [0.15, 0.2) is 246 Å². The van der Waals surface area contributed by atoms with Crippen molar-refractivity contribution in [1.82, 2.24) is 9.80 Å². The minimum absolute atomic E-state index is 0.332. The van der Waals surface area contributed by atoms with E-state index in [1.807, 2.05) is 30.4 Å². The Bertz CT molecular complexity index is 2540. The van der Waals surface area contributed by atoms with Gasteiger partial charge in [0.15, 0.2) is 0 Å². The lowest BCUT2D eigenvalue weighted by Gasteiger charge is -2.42. The van der Waals surface area contributed by atoms with E-state index in [2.05, 4.69) is 175 Å². The molecular weight excluding hydrogens is 809 g/mol. The third kappa shape index (κ3) is 11.2. The van der Waals surface area contributed by atoms with Gasteiger partial charge >= 0.3 is 0 Å². The van der Waals surface area contributed by atoms with E-state index >= 15 is 0 Å². The number of hydrogen-bond donors (Lipinski definition) is 0. The van der Waals surface area contributed by atoms with Gasteiger partial charge in [0.1, 0.15) is 0 Å². The molecule has 2 heteroatoms. The maximum Gasteiger partial charge on any atom is 0.0619 e. The van der Waals surface area contributed by atoms with E-state index in [-0.39, 0.29) is 0 Å². The zero-order valence-corrected chi connectivity index (χ0v) is 40.0. The van der Waals surface area contributed by atoms with Gasteiger partial charge < -0.3 is 9.80 Å². The van der Waals surface area contributed by atoms with Crippen molar-refractivity contribution in [3.63, 3.8) is 0 Å². The molecule has 342 valence electrons. The van der Waals surface area contributed by atoms with Crippen LogP contribution >= 0.6 is 0 Å². The highest BCUT2D eigenvalue weighted by atomic mass is 15.2. The molecule has 8 aliphatic rings. The predicted molar refractivity (Wildman–Crippen MR) is 288 cm³/mol. The Balaban J connectivity index is 0.895. The minimum Gasteiger partial charge on any atom is -0.361 e. The van der Waals surface area contributed by atoms with Gasteiger partial charge in [-0.1, -0.05) is 191 Å². The first-order valence-electron chi connectivity index (χ1n) is 25.7. The smallest absolute Gasteiger partial charge is 0.0619 e. The van der Waals surface area contributed by atoms with E-state index in [1.54, 1.807) is 5.57 Å². The summed E-state index contributed by atoms with van der Waals surface area (Å²) >= 11 is 0. The number of rotatable bonds is 16. The largest absolute Gasteiger partial charge is 0.361 e. The Kier molecular flexibility index (Phi) is 15.5. The van der Waals surface area contributed by atoms with Gasteiger partial charge in [-0.3, -0.25) is 0 Å². The molecule has 0 bridgehead atoms. The monoisotopic (exact) mass is 881 g/mol. The Morgan fingerprint density at radius 1 is 0.627 bits per heavy atom. The topological polar surface area (TPSA) is 6.48 Å². The van der Waals surface area contributed by atoms with Crippen LogP contribution in [0.3, 0.4) is 0 Å². The quantitative estimate of drug-likeness (QED) is 0.153. The summed E-state index contributed by atoms with van der Waals surface area (Å²) in [5.41, 5.74) is 16.9. The number of benzene rings is 1. The zero-order chi connectivity index (χ0) is 45.8. The number of hydrogen-bond acceptors (Lipinski definition) is 2. The molecule has 0 aliphatic heterocycles. The second kappa shape index (κ2) is 22.6. The molecule has 0 heterocycles. The standard InChI is InChI=1S/C65H72N2/c1-4-7-8-14-47-66(65-22-15-20-59-19-12-13-21-64(59)65)60-39-31-56(32-40-60)58-37-45-63(46-38-58)67(61-41-33-55(34-42-61)52-17-10-9-11-18-52)62-43-35-57(36-44-62)54-29-25-50(26-30-54)48-49-23-27-53(28-24-49)51(6-3)16-5-2/h4-8,13-16,20-21,23-25,27-31,33-37,39,41,43,45,47,50,52,61-62,65H,1-3,9-12,17-19,22,26,32,38,40,42,44,46,48H2/b8-7-,47-14+,51-16+. The Hall–Kier alpha value is -6.12. The first kappa shape index (κ1) is 46.0. The SMILES string of the molecule is C=C/C=C\C=C\N(C1=CC=C(C2=CC=C(N(C3C=CC(C4=CCC(Cc5ccc(/C(C=C)=C/C=C)cc5)C=C4)=CC3)C3C=CC(C4CCCCC4)=CC3)CC2)CC1)C1CC=CC2=C1C=CCC2. The van der Waals surface area contributed by atoms with Crippen LogP contribution in [0.2, 0.25) is 0 Å². The summed E-state index contributed by atoms with van der Waals surface area (Å²) in [6, 6.07) is 9.99. The van der Waals surface area contributed by atoms with Gasteiger partial charge in [0.2, 0.25) is 0 Å². The Morgan fingerprint density at radius 2 is 1.36 bits per heavy atom. The molecule has 4 unspecified atom stereocenters. The molecule has 67 heavy (non-hydrogen) atoms. The molecule has 0 amide bonds. The third-order valence-corrected chi connectivity index (χ3v) is 15.4.